The quantitative estimate of drug-likeness (QED) is 0.502. The van der Waals surface area contributed by atoms with Crippen molar-refractivity contribution in [2.75, 3.05) is 0 Å². The van der Waals surface area contributed by atoms with Crippen molar-refractivity contribution < 1.29 is 19.0 Å². The molecule has 3 atom stereocenters. The van der Waals surface area contributed by atoms with Crippen LogP contribution in [0.25, 0.3) is 0 Å². The zero-order valence-corrected chi connectivity index (χ0v) is 13.7. The molecule has 0 aromatic heterocycles. The number of cyclic esters (lactones) is 1. The van der Waals surface area contributed by atoms with E-state index < -0.39 is 5.79 Å². The van der Waals surface area contributed by atoms with Gasteiger partial charge in [-0.25, -0.2) is 0 Å². The number of rotatable bonds is 8. The molecule has 122 valence electrons. The monoisotopic (exact) mass is 298 g/mol. The van der Waals surface area contributed by atoms with Crippen LogP contribution in [-0.2, 0) is 19.0 Å². The van der Waals surface area contributed by atoms with Gasteiger partial charge in [0.05, 0.1) is 6.10 Å². The van der Waals surface area contributed by atoms with E-state index in [0.29, 0.717) is 6.42 Å². The average molecular weight is 298 g/mol. The summed E-state index contributed by atoms with van der Waals surface area (Å²) in [6.07, 6.45) is 9.75. The highest BCUT2D eigenvalue weighted by Gasteiger charge is 2.47. The van der Waals surface area contributed by atoms with Crippen molar-refractivity contribution in [3.8, 4) is 0 Å². The number of ether oxygens (including phenoxy) is 3. The minimum absolute atomic E-state index is 0.0575. The van der Waals surface area contributed by atoms with Gasteiger partial charge in [-0.15, -0.1) is 0 Å². The minimum atomic E-state index is -0.563. The Kier molecular flexibility index (Phi) is 6.06. The fourth-order valence-corrected chi connectivity index (χ4v) is 3.31. The van der Waals surface area contributed by atoms with Gasteiger partial charge in [0.25, 0.3) is 0 Å². The second kappa shape index (κ2) is 7.59. The van der Waals surface area contributed by atoms with Crippen molar-refractivity contribution in [1.29, 1.82) is 0 Å². The normalized spacial score (nSPS) is 31.6. The first-order chi connectivity index (χ1) is 10.0. The molecule has 0 aromatic rings. The summed E-state index contributed by atoms with van der Waals surface area (Å²) in [6.45, 7) is 6.12. The third kappa shape index (κ3) is 4.96. The number of carbonyl (C=O) groups excluding carboxylic acids is 1. The van der Waals surface area contributed by atoms with Gasteiger partial charge < -0.3 is 14.2 Å². The molecule has 0 aliphatic carbocycles. The molecular formula is C17H30O4. The fourth-order valence-electron chi connectivity index (χ4n) is 3.31. The van der Waals surface area contributed by atoms with Crippen molar-refractivity contribution >= 4 is 5.97 Å². The molecule has 2 unspecified atom stereocenters. The Balaban J connectivity index is 1.77. The highest BCUT2D eigenvalue weighted by atomic mass is 16.8. The molecule has 4 nitrogen and oxygen atoms in total. The molecule has 0 radical (unpaired) electrons. The number of carbonyl (C=O) groups is 1. The van der Waals surface area contributed by atoms with Crippen LogP contribution in [0.15, 0.2) is 0 Å². The van der Waals surface area contributed by atoms with Gasteiger partial charge in [0, 0.05) is 6.42 Å². The molecule has 0 N–H and O–H groups in total. The fraction of sp³-hybridized carbons (Fsp3) is 0.941. The van der Waals surface area contributed by atoms with E-state index in [1.165, 1.54) is 32.1 Å². The number of unbranched alkanes of at least 4 members (excludes halogenated alkanes) is 5. The standard InChI is InChI=1S/C17H30O4/c1-4-5-6-7-8-9-10-14-16(21-17(2,3)20-14)13-11-12-15(18)19-13/h13-14,16H,4-12H2,1-3H3/t13-,14?,16?/m1/s1. The molecule has 2 rings (SSSR count). The molecule has 2 aliphatic heterocycles. The third-order valence-electron chi connectivity index (χ3n) is 4.35. The van der Waals surface area contributed by atoms with Crippen molar-refractivity contribution in [2.24, 2.45) is 0 Å². The van der Waals surface area contributed by atoms with Crippen LogP contribution in [0, 0.1) is 0 Å². The molecule has 0 spiro atoms. The Labute approximate surface area is 128 Å². The van der Waals surface area contributed by atoms with Crippen LogP contribution < -0.4 is 0 Å². The summed E-state index contributed by atoms with van der Waals surface area (Å²) in [5.74, 6) is -0.668. The summed E-state index contributed by atoms with van der Waals surface area (Å²) >= 11 is 0. The molecule has 21 heavy (non-hydrogen) atoms. The van der Waals surface area contributed by atoms with Gasteiger partial charge >= 0.3 is 5.97 Å². The summed E-state index contributed by atoms with van der Waals surface area (Å²) in [7, 11) is 0. The van der Waals surface area contributed by atoms with Crippen molar-refractivity contribution in [3.63, 3.8) is 0 Å². The van der Waals surface area contributed by atoms with Gasteiger partial charge in [0.1, 0.15) is 12.2 Å². The average Bonchev–Trinajstić information content (AvgIpc) is 2.97. The molecule has 0 amide bonds. The summed E-state index contributed by atoms with van der Waals surface area (Å²) in [6, 6.07) is 0. The van der Waals surface area contributed by atoms with Crippen LogP contribution in [0.5, 0.6) is 0 Å². The van der Waals surface area contributed by atoms with E-state index in [0.717, 1.165) is 19.3 Å². The second-order valence-electron chi connectivity index (χ2n) is 6.76. The molecular weight excluding hydrogens is 268 g/mol. The van der Waals surface area contributed by atoms with Crippen LogP contribution in [0.4, 0.5) is 0 Å². The van der Waals surface area contributed by atoms with E-state index in [9.17, 15) is 4.79 Å². The lowest BCUT2D eigenvalue weighted by atomic mass is 9.99. The van der Waals surface area contributed by atoms with Gasteiger partial charge in [0.2, 0.25) is 0 Å². The van der Waals surface area contributed by atoms with Crippen LogP contribution in [-0.4, -0.2) is 30.1 Å². The maximum atomic E-state index is 11.3. The minimum Gasteiger partial charge on any atom is -0.459 e. The van der Waals surface area contributed by atoms with E-state index in [1.807, 2.05) is 13.8 Å². The predicted octanol–water partition coefficient (Wildman–Crippen LogP) is 3.96. The highest BCUT2D eigenvalue weighted by molar-refractivity contribution is 5.71. The molecule has 2 fully saturated rings. The van der Waals surface area contributed by atoms with E-state index in [1.54, 1.807) is 0 Å². The molecule has 0 saturated carbocycles. The second-order valence-corrected chi connectivity index (χ2v) is 6.76. The summed E-state index contributed by atoms with van der Waals surface area (Å²) in [4.78, 5) is 11.3. The van der Waals surface area contributed by atoms with E-state index in [2.05, 4.69) is 6.92 Å². The van der Waals surface area contributed by atoms with Gasteiger partial charge in [0.15, 0.2) is 5.79 Å². The number of hydrogen-bond acceptors (Lipinski definition) is 4. The Morgan fingerprint density at radius 3 is 2.48 bits per heavy atom. The van der Waals surface area contributed by atoms with Gasteiger partial charge in [-0.1, -0.05) is 45.4 Å². The van der Waals surface area contributed by atoms with Crippen molar-refractivity contribution in [2.45, 2.75) is 103 Å². The number of hydrogen-bond donors (Lipinski definition) is 0. The van der Waals surface area contributed by atoms with E-state index in [-0.39, 0.29) is 24.3 Å². The van der Waals surface area contributed by atoms with E-state index in [4.69, 9.17) is 14.2 Å². The SMILES string of the molecule is CCCCCCCCC1OC(C)(C)OC1[C@H]1CCC(=O)O1. The molecule has 2 saturated heterocycles. The maximum Gasteiger partial charge on any atom is 0.306 e. The highest BCUT2D eigenvalue weighted by Crippen LogP contribution is 2.36. The van der Waals surface area contributed by atoms with Crippen molar-refractivity contribution in [1.82, 2.24) is 0 Å². The Morgan fingerprint density at radius 1 is 1.10 bits per heavy atom. The van der Waals surface area contributed by atoms with Gasteiger partial charge in [-0.05, 0) is 26.7 Å². The van der Waals surface area contributed by atoms with Crippen LogP contribution in [0.2, 0.25) is 0 Å². The van der Waals surface area contributed by atoms with Crippen LogP contribution in [0.1, 0.15) is 78.6 Å². The van der Waals surface area contributed by atoms with E-state index >= 15 is 0 Å². The molecule has 0 bridgehead atoms. The molecule has 2 aliphatic rings. The lowest BCUT2D eigenvalue weighted by molar-refractivity contribution is -0.163. The lowest BCUT2D eigenvalue weighted by Crippen LogP contribution is -2.35. The Hall–Kier alpha value is -0.610. The van der Waals surface area contributed by atoms with Gasteiger partial charge in [-0.2, -0.15) is 0 Å². The smallest absolute Gasteiger partial charge is 0.306 e. The molecule has 0 aromatic carbocycles. The molecule has 2 heterocycles. The molecule has 4 heteroatoms. The summed E-state index contributed by atoms with van der Waals surface area (Å²) in [5, 5.41) is 0. The maximum absolute atomic E-state index is 11.3. The summed E-state index contributed by atoms with van der Waals surface area (Å²) < 4.78 is 17.4. The zero-order valence-electron chi connectivity index (χ0n) is 13.7. The first-order valence-corrected chi connectivity index (χ1v) is 8.57. The Morgan fingerprint density at radius 2 is 1.81 bits per heavy atom. The topological polar surface area (TPSA) is 44.8 Å². The largest absolute Gasteiger partial charge is 0.459 e. The van der Waals surface area contributed by atoms with Crippen LogP contribution >= 0.6 is 0 Å². The Bertz CT molecular complexity index is 340. The van der Waals surface area contributed by atoms with Crippen LogP contribution in [0.3, 0.4) is 0 Å². The number of esters is 1. The lowest BCUT2D eigenvalue weighted by Gasteiger charge is -2.21. The van der Waals surface area contributed by atoms with Gasteiger partial charge in [-0.3, -0.25) is 4.79 Å². The zero-order chi connectivity index (χ0) is 15.3. The van der Waals surface area contributed by atoms with Crippen molar-refractivity contribution in [3.05, 3.63) is 0 Å². The third-order valence-corrected chi connectivity index (χ3v) is 4.35. The predicted molar refractivity (Wildman–Crippen MR) is 80.9 cm³/mol. The first kappa shape index (κ1) is 16.8. The first-order valence-electron chi connectivity index (χ1n) is 8.57. The summed E-state index contributed by atoms with van der Waals surface area (Å²) in [5.41, 5.74) is 0.